The Bertz CT molecular complexity index is 364. The van der Waals surface area contributed by atoms with Gasteiger partial charge in [-0.05, 0) is 25.7 Å². The van der Waals surface area contributed by atoms with Gasteiger partial charge in [0.05, 0.1) is 0 Å². The minimum atomic E-state index is -1.08. The van der Waals surface area contributed by atoms with Crippen LogP contribution < -0.4 is 0 Å². The van der Waals surface area contributed by atoms with Crippen LogP contribution in [0, 0.1) is 5.92 Å². The Morgan fingerprint density at radius 2 is 2.00 bits per heavy atom. The molecule has 6 heteroatoms. The maximum absolute atomic E-state index is 11.8. The third-order valence-electron chi connectivity index (χ3n) is 3.34. The molecule has 1 saturated heterocycles. The monoisotopic (exact) mass is 240 g/mol. The number of hydrogen-bond donors (Lipinski definition) is 1. The van der Waals surface area contributed by atoms with Crippen LogP contribution in [0.25, 0.3) is 0 Å². The molecule has 0 aromatic carbocycles. The first-order chi connectivity index (χ1) is 8.00. The summed E-state index contributed by atoms with van der Waals surface area (Å²) in [7, 11) is 0. The second kappa shape index (κ2) is 4.35. The molecule has 6 nitrogen and oxygen atoms in total. The van der Waals surface area contributed by atoms with Crippen molar-refractivity contribution in [2.45, 2.75) is 25.8 Å². The lowest BCUT2D eigenvalue weighted by molar-refractivity contribution is -0.161. The molecule has 17 heavy (non-hydrogen) atoms. The van der Waals surface area contributed by atoms with Crippen LogP contribution in [-0.2, 0) is 14.4 Å². The van der Waals surface area contributed by atoms with Crippen molar-refractivity contribution in [2.24, 2.45) is 5.92 Å². The molecule has 2 fully saturated rings. The van der Waals surface area contributed by atoms with E-state index >= 15 is 0 Å². The van der Waals surface area contributed by atoms with Crippen LogP contribution in [-0.4, -0.2) is 58.4 Å². The van der Waals surface area contributed by atoms with Crippen LogP contribution in [0.5, 0.6) is 0 Å². The first-order valence-electron chi connectivity index (χ1n) is 5.83. The van der Waals surface area contributed by atoms with Crippen molar-refractivity contribution in [3.05, 3.63) is 0 Å². The quantitative estimate of drug-likeness (QED) is 0.674. The zero-order valence-electron chi connectivity index (χ0n) is 9.76. The summed E-state index contributed by atoms with van der Waals surface area (Å²) in [5.41, 5.74) is 0. The summed E-state index contributed by atoms with van der Waals surface area (Å²) in [6.07, 6.45) is 2.24. The fourth-order valence-electron chi connectivity index (χ4n) is 1.98. The SMILES string of the molecule is C[C@H](C(=O)O)N1CCN(CC2CC2)C(=O)C1=O. The van der Waals surface area contributed by atoms with Gasteiger partial charge in [-0.3, -0.25) is 9.59 Å². The Kier molecular flexibility index (Phi) is 3.04. The Morgan fingerprint density at radius 1 is 1.35 bits per heavy atom. The predicted octanol–water partition coefficient (Wildman–Crippen LogP) is -0.460. The summed E-state index contributed by atoms with van der Waals surface area (Å²) in [5.74, 6) is -1.79. The second-order valence-electron chi connectivity index (χ2n) is 4.71. The number of nitrogens with zero attached hydrogens (tertiary/aromatic N) is 2. The van der Waals surface area contributed by atoms with E-state index in [1.807, 2.05) is 0 Å². The van der Waals surface area contributed by atoms with E-state index in [0.717, 1.165) is 17.7 Å². The Labute approximate surface area is 99.2 Å². The third kappa shape index (κ3) is 2.40. The van der Waals surface area contributed by atoms with Gasteiger partial charge in [0, 0.05) is 19.6 Å². The standard InChI is InChI=1S/C11H16N2O4/c1-7(11(16)17)13-5-4-12(6-8-2-3-8)9(14)10(13)15/h7-8H,2-6H2,1H3,(H,16,17)/t7-/m1/s1. The maximum atomic E-state index is 11.8. The fourth-order valence-corrected chi connectivity index (χ4v) is 1.98. The smallest absolute Gasteiger partial charge is 0.326 e. The Hall–Kier alpha value is -1.59. The molecule has 1 N–H and O–H groups in total. The minimum absolute atomic E-state index is 0.310. The number of carboxylic acid groups (broad SMARTS) is 1. The van der Waals surface area contributed by atoms with Crippen LogP contribution in [0.3, 0.4) is 0 Å². The van der Waals surface area contributed by atoms with E-state index in [4.69, 9.17) is 5.11 Å². The molecule has 1 atom stereocenters. The van der Waals surface area contributed by atoms with E-state index in [0.29, 0.717) is 25.6 Å². The topological polar surface area (TPSA) is 77.9 Å². The highest BCUT2D eigenvalue weighted by Crippen LogP contribution is 2.30. The number of carboxylic acids is 1. The van der Waals surface area contributed by atoms with Crippen molar-refractivity contribution < 1.29 is 19.5 Å². The van der Waals surface area contributed by atoms with Crippen LogP contribution in [0.1, 0.15) is 19.8 Å². The van der Waals surface area contributed by atoms with Gasteiger partial charge in [0.25, 0.3) is 0 Å². The van der Waals surface area contributed by atoms with Gasteiger partial charge in [-0.2, -0.15) is 0 Å². The highest BCUT2D eigenvalue weighted by atomic mass is 16.4. The van der Waals surface area contributed by atoms with Crippen molar-refractivity contribution in [3.63, 3.8) is 0 Å². The number of hydrogen-bond acceptors (Lipinski definition) is 3. The highest BCUT2D eigenvalue weighted by molar-refractivity contribution is 6.35. The normalized spacial score (nSPS) is 22.9. The van der Waals surface area contributed by atoms with E-state index in [1.54, 1.807) is 4.90 Å². The zero-order chi connectivity index (χ0) is 12.6. The summed E-state index contributed by atoms with van der Waals surface area (Å²) < 4.78 is 0. The third-order valence-corrected chi connectivity index (χ3v) is 3.34. The van der Waals surface area contributed by atoms with E-state index in [-0.39, 0.29) is 0 Å². The lowest BCUT2D eigenvalue weighted by atomic mass is 10.2. The molecule has 2 aliphatic rings. The van der Waals surface area contributed by atoms with Crippen LogP contribution in [0.2, 0.25) is 0 Å². The molecule has 94 valence electrons. The Morgan fingerprint density at radius 3 is 2.53 bits per heavy atom. The molecule has 1 saturated carbocycles. The van der Waals surface area contributed by atoms with Crippen molar-refractivity contribution in [1.29, 1.82) is 0 Å². The summed E-state index contributed by atoms with van der Waals surface area (Å²) in [6.45, 7) is 2.81. The molecule has 2 amide bonds. The fraction of sp³-hybridized carbons (Fsp3) is 0.727. The van der Waals surface area contributed by atoms with Crippen molar-refractivity contribution in [3.8, 4) is 0 Å². The molecular formula is C11H16N2O4. The van der Waals surface area contributed by atoms with Gasteiger partial charge >= 0.3 is 17.8 Å². The molecule has 0 aromatic rings. The van der Waals surface area contributed by atoms with Gasteiger partial charge in [0.2, 0.25) is 0 Å². The summed E-state index contributed by atoms with van der Waals surface area (Å²) >= 11 is 0. The van der Waals surface area contributed by atoms with Crippen molar-refractivity contribution >= 4 is 17.8 Å². The van der Waals surface area contributed by atoms with Crippen molar-refractivity contribution in [2.75, 3.05) is 19.6 Å². The first-order valence-corrected chi connectivity index (χ1v) is 5.83. The Balaban J connectivity index is 1.99. The molecule has 0 spiro atoms. The number of carbonyl (C=O) groups is 3. The van der Waals surface area contributed by atoms with Gasteiger partial charge < -0.3 is 14.9 Å². The molecule has 1 aliphatic heterocycles. The molecule has 1 heterocycles. The van der Waals surface area contributed by atoms with Gasteiger partial charge in [-0.25, -0.2) is 4.79 Å². The highest BCUT2D eigenvalue weighted by Gasteiger charge is 2.38. The van der Waals surface area contributed by atoms with E-state index in [2.05, 4.69) is 0 Å². The molecular weight excluding hydrogens is 224 g/mol. The number of aliphatic carboxylic acids is 1. The van der Waals surface area contributed by atoms with Gasteiger partial charge in [0.15, 0.2) is 0 Å². The molecule has 2 rings (SSSR count). The number of rotatable bonds is 4. The first kappa shape index (κ1) is 11.9. The maximum Gasteiger partial charge on any atom is 0.326 e. The molecule has 1 aliphatic carbocycles. The summed E-state index contributed by atoms with van der Waals surface area (Å²) in [4.78, 5) is 37.0. The largest absolute Gasteiger partial charge is 0.480 e. The van der Waals surface area contributed by atoms with E-state index < -0.39 is 23.8 Å². The van der Waals surface area contributed by atoms with Gasteiger partial charge in [0.1, 0.15) is 6.04 Å². The number of piperazine rings is 1. The molecule has 0 radical (unpaired) electrons. The van der Waals surface area contributed by atoms with Crippen LogP contribution >= 0.6 is 0 Å². The van der Waals surface area contributed by atoms with Gasteiger partial charge in [-0.1, -0.05) is 0 Å². The number of carbonyl (C=O) groups excluding carboxylic acids is 2. The summed E-state index contributed by atoms with van der Waals surface area (Å²) in [6, 6.07) is -0.936. The lowest BCUT2D eigenvalue weighted by Gasteiger charge is -2.35. The molecule has 0 aromatic heterocycles. The average molecular weight is 240 g/mol. The van der Waals surface area contributed by atoms with Crippen molar-refractivity contribution in [1.82, 2.24) is 9.80 Å². The zero-order valence-corrected chi connectivity index (χ0v) is 9.76. The van der Waals surface area contributed by atoms with E-state index in [1.165, 1.54) is 6.92 Å². The minimum Gasteiger partial charge on any atom is -0.480 e. The summed E-state index contributed by atoms with van der Waals surface area (Å²) in [5, 5.41) is 8.84. The molecule has 0 bridgehead atoms. The van der Waals surface area contributed by atoms with Gasteiger partial charge in [-0.15, -0.1) is 0 Å². The van der Waals surface area contributed by atoms with E-state index in [9.17, 15) is 14.4 Å². The molecule has 0 unspecified atom stereocenters. The lowest BCUT2D eigenvalue weighted by Crippen LogP contribution is -2.58. The van der Waals surface area contributed by atoms with Crippen LogP contribution in [0.4, 0.5) is 0 Å². The number of amides is 2. The second-order valence-corrected chi connectivity index (χ2v) is 4.71. The van der Waals surface area contributed by atoms with Crippen LogP contribution in [0.15, 0.2) is 0 Å². The predicted molar refractivity (Wildman–Crippen MR) is 58.1 cm³/mol. The average Bonchev–Trinajstić information content (AvgIpc) is 3.08.